The van der Waals surface area contributed by atoms with Gasteiger partial charge in [0.05, 0.1) is 5.69 Å². The number of aryl methyl sites for hydroxylation is 1. The quantitative estimate of drug-likeness (QED) is 0.719. The van der Waals surface area contributed by atoms with Crippen LogP contribution in [0.15, 0.2) is 42.5 Å². The number of benzene rings is 2. The van der Waals surface area contributed by atoms with Crippen LogP contribution >= 0.6 is 11.6 Å². The van der Waals surface area contributed by atoms with Gasteiger partial charge < -0.3 is 4.90 Å². The minimum absolute atomic E-state index is 0.0607. The highest BCUT2D eigenvalue weighted by atomic mass is 35.5. The Morgan fingerprint density at radius 1 is 1.09 bits per heavy atom. The first-order valence-electron chi connectivity index (χ1n) is 7.39. The zero-order chi connectivity index (χ0) is 15.9. The Kier molecular flexibility index (Phi) is 3.79. The van der Waals surface area contributed by atoms with E-state index in [4.69, 9.17) is 11.6 Å². The molecule has 0 saturated carbocycles. The molecule has 0 aliphatic carbocycles. The van der Waals surface area contributed by atoms with Gasteiger partial charge in [-0.3, -0.25) is 4.79 Å². The van der Waals surface area contributed by atoms with Crippen LogP contribution in [0.4, 0.5) is 5.69 Å². The van der Waals surface area contributed by atoms with Crippen LogP contribution in [0.2, 0.25) is 5.02 Å². The second kappa shape index (κ2) is 5.62. The highest BCUT2D eigenvalue weighted by Crippen LogP contribution is 2.39. The first-order chi connectivity index (χ1) is 10.5. The number of hydrogen-bond acceptors (Lipinski definition) is 1. The molecule has 0 unspecified atom stereocenters. The fourth-order valence-corrected chi connectivity index (χ4v) is 2.93. The molecule has 0 radical (unpaired) electrons. The van der Waals surface area contributed by atoms with E-state index in [1.165, 1.54) is 0 Å². The van der Waals surface area contributed by atoms with Crippen LogP contribution < -0.4 is 4.90 Å². The van der Waals surface area contributed by atoms with Crippen LogP contribution in [0.25, 0.3) is 11.6 Å². The third-order valence-corrected chi connectivity index (χ3v) is 4.10. The second-order valence-corrected chi connectivity index (χ2v) is 6.34. The summed E-state index contributed by atoms with van der Waals surface area (Å²) in [7, 11) is 0. The molecule has 1 heterocycles. The molecule has 0 aromatic heterocycles. The summed E-state index contributed by atoms with van der Waals surface area (Å²) >= 11 is 5.93. The standard InChI is InChI=1S/C19H18ClNO/c1-12(2)21-18-9-4-13(3)10-16(18)17(19(21)22)11-14-5-7-15(20)8-6-14/h4-12H,1-3H3/b17-11-. The van der Waals surface area contributed by atoms with Crippen LogP contribution in [0.3, 0.4) is 0 Å². The summed E-state index contributed by atoms with van der Waals surface area (Å²) in [5, 5.41) is 0.694. The number of carbonyl (C=O) groups excluding carboxylic acids is 1. The molecule has 0 bridgehead atoms. The third-order valence-electron chi connectivity index (χ3n) is 3.85. The third kappa shape index (κ3) is 2.55. The molecule has 1 amide bonds. The largest absolute Gasteiger partial charge is 0.305 e. The predicted molar refractivity (Wildman–Crippen MR) is 93.1 cm³/mol. The van der Waals surface area contributed by atoms with Gasteiger partial charge in [0, 0.05) is 22.2 Å². The summed E-state index contributed by atoms with van der Waals surface area (Å²) in [6.07, 6.45) is 1.94. The molecule has 2 aromatic rings. The number of hydrogen-bond donors (Lipinski definition) is 0. The van der Waals surface area contributed by atoms with Crippen molar-refractivity contribution in [3.63, 3.8) is 0 Å². The molecular formula is C19H18ClNO. The lowest BCUT2D eigenvalue weighted by Crippen LogP contribution is -2.33. The first-order valence-corrected chi connectivity index (χ1v) is 7.77. The minimum Gasteiger partial charge on any atom is -0.305 e. The van der Waals surface area contributed by atoms with E-state index >= 15 is 0 Å². The van der Waals surface area contributed by atoms with Gasteiger partial charge in [-0.2, -0.15) is 0 Å². The Morgan fingerprint density at radius 3 is 2.41 bits per heavy atom. The molecule has 1 aliphatic rings. The molecule has 3 rings (SSSR count). The molecule has 2 nitrogen and oxygen atoms in total. The van der Waals surface area contributed by atoms with Gasteiger partial charge in [-0.1, -0.05) is 35.4 Å². The van der Waals surface area contributed by atoms with Gasteiger partial charge in [0.15, 0.2) is 0 Å². The smallest absolute Gasteiger partial charge is 0.259 e. The van der Waals surface area contributed by atoms with Crippen molar-refractivity contribution in [2.24, 2.45) is 0 Å². The van der Waals surface area contributed by atoms with Crippen molar-refractivity contribution in [1.29, 1.82) is 0 Å². The normalized spacial score (nSPS) is 15.8. The van der Waals surface area contributed by atoms with Crippen LogP contribution in [-0.4, -0.2) is 11.9 Å². The van der Waals surface area contributed by atoms with Crippen molar-refractivity contribution in [3.05, 3.63) is 64.2 Å². The van der Waals surface area contributed by atoms with Gasteiger partial charge >= 0.3 is 0 Å². The molecule has 0 fully saturated rings. The molecule has 112 valence electrons. The molecule has 2 aromatic carbocycles. The summed E-state index contributed by atoms with van der Waals surface area (Å²) in [6, 6.07) is 13.8. The zero-order valence-electron chi connectivity index (χ0n) is 12.9. The summed E-state index contributed by atoms with van der Waals surface area (Å²) in [4.78, 5) is 14.7. The van der Waals surface area contributed by atoms with E-state index in [9.17, 15) is 4.79 Å². The topological polar surface area (TPSA) is 20.3 Å². The molecule has 1 aliphatic heterocycles. The molecule has 3 heteroatoms. The van der Waals surface area contributed by atoms with Gasteiger partial charge in [0.2, 0.25) is 0 Å². The number of fused-ring (bicyclic) bond motifs is 1. The number of rotatable bonds is 2. The van der Waals surface area contributed by atoms with Crippen molar-refractivity contribution in [2.45, 2.75) is 26.8 Å². The van der Waals surface area contributed by atoms with Crippen molar-refractivity contribution in [2.75, 3.05) is 4.90 Å². The monoisotopic (exact) mass is 311 g/mol. The molecule has 0 N–H and O–H groups in total. The van der Waals surface area contributed by atoms with Crippen molar-refractivity contribution in [3.8, 4) is 0 Å². The second-order valence-electron chi connectivity index (χ2n) is 5.90. The summed E-state index contributed by atoms with van der Waals surface area (Å²) in [5.41, 5.74) is 4.87. The lowest BCUT2D eigenvalue weighted by atomic mass is 10.0. The van der Waals surface area contributed by atoms with Gasteiger partial charge in [-0.25, -0.2) is 0 Å². The average molecular weight is 312 g/mol. The summed E-state index contributed by atoms with van der Waals surface area (Å²) < 4.78 is 0. The van der Waals surface area contributed by atoms with Gasteiger partial charge in [0.1, 0.15) is 0 Å². The Hall–Kier alpha value is -2.06. The number of nitrogens with zero attached hydrogens (tertiary/aromatic N) is 1. The van der Waals surface area contributed by atoms with Crippen LogP contribution in [0.1, 0.15) is 30.5 Å². The highest BCUT2D eigenvalue weighted by molar-refractivity contribution is 6.36. The Balaban J connectivity index is 2.14. The van der Waals surface area contributed by atoms with E-state index in [1.54, 1.807) is 0 Å². The molecule has 0 atom stereocenters. The van der Waals surface area contributed by atoms with Gasteiger partial charge in [-0.05, 0) is 56.7 Å². The fraction of sp³-hybridized carbons (Fsp3) is 0.211. The maximum Gasteiger partial charge on any atom is 0.259 e. The van der Waals surface area contributed by atoms with E-state index in [-0.39, 0.29) is 11.9 Å². The predicted octanol–water partition coefficient (Wildman–Crippen LogP) is 4.94. The highest BCUT2D eigenvalue weighted by Gasteiger charge is 2.33. The van der Waals surface area contributed by atoms with Crippen molar-refractivity contribution in [1.82, 2.24) is 0 Å². The first kappa shape index (κ1) is 14.9. The Labute approximate surface area is 136 Å². The molecule has 0 saturated heterocycles. The SMILES string of the molecule is Cc1ccc2c(c1)/C(=C/c1ccc(Cl)cc1)C(=O)N2C(C)C. The number of anilines is 1. The number of amides is 1. The van der Waals surface area contributed by atoms with Crippen molar-refractivity contribution >= 4 is 34.8 Å². The lowest BCUT2D eigenvalue weighted by Gasteiger charge is -2.21. The number of halogens is 1. The van der Waals surface area contributed by atoms with E-state index in [0.717, 1.165) is 28.0 Å². The van der Waals surface area contributed by atoms with Crippen LogP contribution in [0, 0.1) is 6.92 Å². The van der Waals surface area contributed by atoms with Crippen LogP contribution in [0.5, 0.6) is 0 Å². The zero-order valence-corrected chi connectivity index (χ0v) is 13.7. The molecule has 22 heavy (non-hydrogen) atoms. The fourth-order valence-electron chi connectivity index (χ4n) is 2.81. The average Bonchev–Trinajstić information content (AvgIpc) is 2.74. The summed E-state index contributed by atoms with van der Waals surface area (Å²) in [5.74, 6) is 0.0607. The lowest BCUT2D eigenvalue weighted by molar-refractivity contribution is -0.113. The van der Waals surface area contributed by atoms with Gasteiger partial charge in [0.25, 0.3) is 5.91 Å². The molecule has 0 spiro atoms. The van der Waals surface area contributed by atoms with E-state index < -0.39 is 0 Å². The van der Waals surface area contributed by atoms with Gasteiger partial charge in [-0.15, -0.1) is 0 Å². The molecular weight excluding hydrogens is 294 g/mol. The van der Waals surface area contributed by atoms with E-state index in [0.29, 0.717) is 5.02 Å². The Bertz CT molecular complexity index is 760. The van der Waals surface area contributed by atoms with E-state index in [1.807, 2.05) is 68.1 Å². The van der Waals surface area contributed by atoms with E-state index in [2.05, 4.69) is 6.07 Å². The summed E-state index contributed by atoms with van der Waals surface area (Å²) in [6.45, 7) is 6.11. The van der Waals surface area contributed by atoms with Crippen LogP contribution in [-0.2, 0) is 4.79 Å². The number of carbonyl (C=O) groups is 1. The van der Waals surface area contributed by atoms with Crippen molar-refractivity contribution < 1.29 is 4.79 Å². The maximum absolute atomic E-state index is 12.8. The Morgan fingerprint density at radius 2 is 1.77 bits per heavy atom. The maximum atomic E-state index is 12.8. The minimum atomic E-state index is 0.0607.